The van der Waals surface area contributed by atoms with Crippen LogP contribution in [-0.4, -0.2) is 99.6 Å². The summed E-state index contributed by atoms with van der Waals surface area (Å²) in [5, 5.41) is 56.9. The van der Waals surface area contributed by atoms with Crippen LogP contribution >= 0.6 is 0 Å². The molecule has 0 saturated carbocycles. The van der Waals surface area contributed by atoms with E-state index in [-0.39, 0.29) is 19.4 Å². The van der Waals surface area contributed by atoms with Gasteiger partial charge in [-0.25, -0.2) is 0 Å². The van der Waals surface area contributed by atoms with Crippen molar-refractivity contribution in [3.63, 3.8) is 0 Å². The summed E-state index contributed by atoms with van der Waals surface area (Å²) in [6.45, 7) is 5.58. The summed E-state index contributed by atoms with van der Waals surface area (Å²) >= 11 is 0. The Balaban J connectivity index is 2.69. The smallest absolute Gasteiger partial charge is 0.306 e. The first-order chi connectivity index (χ1) is 37.2. The van der Waals surface area contributed by atoms with Crippen LogP contribution in [0.2, 0.25) is 0 Å². The van der Waals surface area contributed by atoms with Crippen LogP contribution in [0.4, 0.5) is 0 Å². The second-order valence-electron chi connectivity index (χ2n) is 20.8. The molecule has 1 rings (SSSR count). The summed E-state index contributed by atoms with van der Waals surface area (Å²) < 4.78 is 17.6. The van der Waals surface area contributed by atoms with E-state index in [1.165, 1.54) is 116 Å². The predicted octanol–water partition coefficient (Wildman–Crippen LogP) is 14.3. The Kier molecular flexibility index (Phi) is 48.6. The Labute approximate surface area is 463 Å². The zero-order chi connectivity index (χ0) is 55.4. The lowest BCUT2D eigenvalue weighted by atomic mass is 9.99. The average molecular weight is 1070 g/mol. The molecule has 1 aliphatic rings. The minimum Gasteiger partial charge on any atom is -0.454 e. The molecule has 1 fully saturated rings. The first kappa shape index (κ1) is 70.6. The Morgan fingerprint density at radius 2 is 1.00 bits per heavy atom. The third-order valence-corrected chi connectivity index (χ3v) is 13.8. The molecule has 1 saturated heterocycles. The van der Waals surface area contributed by atoms with Gasteiger partial charge in [-0.15, -0.1) is 0 Å². The van der Waals surface area contributed by atoms with Crippen LogP contribution < -0.4 is 5.32 Å². The lowest BCUT2D eigenvalue weighted by Crippen LogP contribution is -2.61. The minimum absolute atomic E-state index is 0.111. The Hall–Kier alpha value is -3.42. The maximum atomic E-state index is 13.4. The van der Waals surface area contributed by atoms with E-state index in [4.69, 9.17) is 14.2 Å². The first-order valence-electron chi connectivity index (χ1n) is 30.6. The monoisotopic (exact) mass is 1070 g/mol. The molecule has 6 N–H and O–H groups in total. The van der Waals surface area contributed by atoms with Gasteiger partial charge in [0.25, 0.3) is 0 Å². The van der Waals surface area contributed by atoms with E-state index >= 15 is 0 Å². The van der Waals surface area contributed by atoms with Crippen LogP contribution in [0.25, 0.3) is 0 Å². The molecule has 0 aromatic rings. The van der Waals surface area contributed by atoms with Gasteiger partial charge in [0.05, 0.1) is 25.4 Å². The normalized spacial score (nSPS) is 19.8. The molecule has 0 aromatic heterocycles. The highest BCUT2D eigenvalue weighted by Crippen LogP contribution is 2.26. The number of amides is 1. The molecule has 11 nitrogen and oxygen atoms in total. The molecule has 0 spiro atoms. The summed E-state index contributed by atoms with van der Waals surface area (Å²) in [7, 11) is 0. The van der Waals surface area contributed by atoms with Crippen LogP contribution in [0, 0.1) is 0 Å². The van der Waals surface area contributed by atoms with Crippen LogP contribution in [-0.2, 0) is 23.8 Å². The number of esters is 1. The molecule has 11 heteroatoms. The van der Waals surface area contributed by atoms with Crippen molar-refractivity contribution < 1.29 is 49.3 Å². The predicted molar refractivity (Wildman–Crippen MR) is 315 cm³/mol. The summed E-state index contributed by atoms with van der Waals surface area (Å²) in [5.41, 5.74) is 0. The highest BCUT2D eigenvalue weighted by Gasteiger charge is 2.47. The fourth-order valence-corrected chi connectivity index (χ4v) is 9.00. The van der Waals surface area contributed by atoms with Crippen molar-refractivity contribution in [1.82, 2.24) is 5.32 Å². The van der Waals surface area contributed by atoms with Crippen molar-refractivity contribution in [3.8, 4) is 0 Å². The number of rotatable bonds is 50. The van der Waals surface area contributed by atoms with E-state index in [2.05, 4.69) is 56.5 Å². The summed E-state index contributed by atoms with van der Waals surface area (Å²) in [6, 6.07) is -1.05. The van der Waals surface area contributed by atoms with Gasteiger partial charge in [0.15, 0.2) is 12.4 Å². The van der Waals surface area contributed by atoms with Crippen molar-refractivity contribution in [2.24, 2.45) is 0 Å². The van der Waals surface area contributed by atoms with Gasteiger partial charge in [-0.05, 0) is 77.0 Å². The van der Waals surface area contributed by atoms with Crippen LogP contribution in [0.15, 0.2) is 97.2 Å². The molecule has 0 aliphatic carbocycles. The molecule has 1 amide bonds. The SMILES string of the molecule is CC/C=C/C=C/C=C\C=C/C=C/CCCCC(O)C(=O)NC(COC1OC(CO)C(O)C(O)C1OC(=O)CCCCCCCCCCCCC/C=C\C/C=C\CCCCC)C(O)/C=C/CCCCCCCCCCCC. The Morgan fingerprint density at radius 1 is 0.539 bits per heavy atom. The van der Waals surface area contributed by atoms with Gasteiger partial charge in [0.2, 0.25) is 5.91 Å². The third kappa shape index (κ3) is 39.9. The highest BCUT2D eigenvalue weighted by molar-refractivity contribution is 5.80. The van der Waals surface area contributed by atoms with Gasteiger partial charge in [0.1, 0.15) is 24.4 Å². The van der Waals surface area contributed by atoms with Crippen molar-refractivity contribution in [2.45, 2.75) is 288 Å². The minimum atomic E-state index is -1.63. The van der Waals surface area contributed by atoms with E-state index in [9.17, 15) is 35.1 Å². The number of carbonyl (C=O) groups excluding carboxylic acids is 2. The quantitative estimate of drug-likeness (QED) is 0.0149. The third-order valence-electron chi connectivity index (χ3n) is 13.8. The van der Waals surface area contributed by atoms with Crippen LogP contribution in [0.1, 0.15) is 239 Å². The van der Waals surface area contributed by atoms with E-state index in [0.29, 0.717) is 12.8 Å². The average Bonchev–Trinajstić information content (AvgIpc) is 3.42. The molecule has 0 radical (unpaired) electrons. The Morgan fingerprint density at radius 3 is 1.55 bits per heavy atom. The largest absolute Gasteiger partial charge is 0.454 e. The van der Waals surface area contributed by atoms with Crippen LogP contribution in [0.5, 0.6) is 0 Å². The first-order valence-corrected chi connectivity index (χ1v) is 30.6. The zero-order valence-electron chi connectivity index (χ0n) is 48.1. The summed E-state index contributed by atoms with van der Waals surface area (Å²) in [6.07, 6.45) is 58.8. The van der Waals surface area contributed by atoms with E-state index in [0.717, 1.165) is 77.0 Å². The molecule has 8 atom stereocenters. The molecule has 1 aliphatic heterocycles. The number of allylic oxidation sites excluding steroid dienone is 15. The van der Waals surface area contributed by atoms with Gasteiger partial charge < -0.3 is 45.1 Å². The number of hydrogen-bond acceptors (Lipinski definition) is 10. The number of nitrogens with one attached hydrogen (secondary N) is 1. The second kappa shape index (κ2) is 52.3. The van der Waals surface area contributed by atoms with Crippen LogP contribution in [0.3, 0.4) is 0 Å². The molecule has 76 heavy (non-hydrogen) atoms. The summed E-state index contributed by atoms with van der Waals surface area (Å²) in [5.74, 6) is -1.25. The molecular weight excluding hydrogens is 955 g/mol. The Bertz CT molecular complexity index is 1600. The fourth-order valence-electron chi connectivity index (χ4n) is 9.00. The topological polar surface area (TPSA) is 175 Å². The second-order valence-corrected chi connectivity index (χ2v) is 20.8. The maximum absolute atomic E-state index is 13.4. The number of ether oxygens (including phenoxy) is 3. The van der Waals surface area contributed by atoms with Crippen molar-refractivity contribution in [3.05, 3.63) is 97.2 Å². The summed E-state index contributed by atoms with van der Waals surface area (Å²) in [4.78, 5) is 26.5. The number of unbranched alkanes of at least 4 members (excludes halogenated alkanes) is 26. The van der Waals surface area contributed by atoms with Gasteiger partial charge in [0, 0.05) is 6.42 Å². The van der Waals surface area contributed by atoms with Gasteiger partial charge >= 0.3 is 5.97 Å². The van der Waals surface area contributed by atoms with Gasteiger partial charge in [-0.1, -0.05) is 253 Å². The number of hydrogen-bond donors (Lipinski definition) is 6. The number of carbonyl (C=O) groups is 2. The van der Waals surface area contributed by atoms with Crippen molar-refractivity contribution >= 4 is 11.9 Å². The van der Waals surface area contributed by atoms with E-state index in [1.54, 1.807) is 6.08 Å². The lowest BCUT2D eigenvalue weighted by Gasteiger charge is -2.41. The van der Waals surface area contributed by atoms with Gasteiger partial charge in [-0.2, -0.15) is 0 Å². The molecule has 1 heterocycles. The molecule has 0 aromatic carbocycles. The van der Waals surface area contributed by atoms with Gasteiger partial charge in [-0.3, -0.25) is 9.59 Å². The molecule has 8 unspecified atom stereocenters. The fraction of sp³-hybridized carbons (Fsp3) is 0.723. The maximum Gasteiger partial charge on any atom is 0.306 e. The molecule has 436 valence electrons. The van der Waals surface area contributed by atoms with E-state index < -0.39 is 67.4 Å². The number of aliphatic hydroxyl groups is 5. The van der Waals surface area contributed by atoms with Crippen molar-refractivity contribution in [2.75, 3.05) is 13.2 Å². The lowest BCUT2D eigenvalue weighted by molar-refractivity contribution is -0.305. The molecule has 0 bridgehead atoms. The van der Waals surface area contributed by atoms with Crippen molar-refractivity contribution in [1.29, 1.82) is 0 Å². The standard InChI is InChI=1S/C65H111NO10/c1-4-7-10-13-16-19-22-25-27-28-29-30-31-32-33-35-38-41-44-47-50-53-60(70)76-63-62(72)61(71)59(54-67)75-65(63)74-55-56(57(68)51-48-45-42-39-36-24-21-18-15-12-9-6-3)66-64(73)58(69)52-49-46-43-40-37-34-26-23-20-17-14-11-8-5-2/h8,11,14,16-17,19-20,23,25-27,34,37,40,48,51,56-59,61-63,65,67-69,71-72H,4-7,9-10,12-13,15,18,21-22,24,28-33,35-36,38-39,41-47,49-50,52-55H2,1-3H3,(H,66,73)/b11-8+,17-14+,19-16-,23-20-,27-25-,34-26-,40-37+,51-48+. The van der Waals surface area contributed by atoms with E-state index in [1.807, 2.05) is 60.8 Å². The zero-order valence-corrected chi connectivity index (χ0v) is 48.1. The number of aliphatic hydroxyl groups excluding tert-OH is 5. The highest BCUT2D eigenvalue weighted by atomic mass is 16.7. The molecular formula is C65H111NO10.